The molecular formula is C9H13FN2O. The van der Waals surface area contributed by atoms with Crippen LogP contribution in [-0.4, -0.2) is 22.7 Å². The third-order valence-electron chi connectivity index (χ3n) is 1.60. The predicted molar refractivity (Wildman–Crippen MR) is 49.0 cm³/mol. The van der Waals surface area contributed by atoms with Gasteiger partial charge in [0.1, 0.15) is 11.6 Å². The maximum absolute atomic E-state index is 12.4. The number of nitrogens with one attached hydrogen (secondary N) is 1. The van der Waals surface area contributed by atoms with Gasteiger partial charge in [0.25, 0.3) is 0 Å². The zero-order valence-corrected chi connectivity index (χ0v) is 7.50. The van der Waals surface area contributed by atoms with Crippen molar-refractivity contribution in [2.24, 2.45) is 0 Å². The normalized spacial score (nSPS) is 12.5. The summed E-state index contributed by atoms with van der Waals surface area (Å²) < 4.78 is 12.4. The third-order valence-corrected chi connectivity index (χ3v) is 1.60. The van der Waals surface area contributed by atoms with Gasteiger partial charge in [-0.05, 0) is 25.5 Å². The quantitative estimate of drug-likeness (QED) is 0.743. The summed E-state index contributed by atoms with van der Waals surface area (Å²) in [6, 6.07) is 2.91. The molecule has 0 spiro atoms. The van der Waals surface area contributed by atoms with Crippen molar-refractivity contribution >= 4 is 5.82 Å². The molecule has 0 bridgehead atoms. The van der Waals surface area contributed by atoms with Gasteiger partial charge in [0.05, 0.1) is 12.3 Å². The molecule has 13 heavy (non-hydrogen) atoms. The van der Waals surface area contributed by atoms with Gasteiger partial charge >= 0.3 is 0 Å². The molecule has 2 N–H and O–H groups in total. The Morgan fingerprint density at radius 1 is 1.62 bits per heavy atom. The molecule has 1 atom stereocenters. The molecule has 0 aliphatic heterocycles. The van der Waals surface area contributed by atoms with Crippen molar-refractivity contribution in [3.05, 3.63) is 24.1 Å². The highest BCUT2D eigenvalue weighted by molar-refractivity contribution is 5.33. The maximum Gasteiger partial charge on any atom is 0.141 e. The Morgan fingerprint density at radius 3 is 2.92 bits per heavy atom. The van der Waals surface area contributed by atoms with Crippen molar-refractivity contribution in [2.45, 2.75) is 19.4 Å². The zero-order valence-electron chi connectivity index (χ0n) is 7.50. The van der Waals surface area contributed by atoms with Crippen LogP contribution in [0.4, 0.5) is 10.2 Å². The van der Waals surface area contributed by atoms with Crippen LogP contribution in [0.5, 0.6) is 0 Å². The number of aliphatic hydroxyl groups excluding tert-OH is 1. The van der Waals surface area contributed by atoms with E-state index in [4.69, 9.17) is 5.11 Å². The van der Waals surface area contributed by atoms with E-state index in [2.05, 4.69) is 10.3 Å². The number of hydrogen-bond donors (Lipinski definition) is 2. The van der Waals surface area contributed by atoms with Crippen molar-refractivity contribution in [2.75, 3.05) is 11.9 Å². The smallest absolute Gasteiger partial charge is 0.141 e. The minimum Gasteiger partial charge on any atom is -0.393 e. The molecule has 72 valence electrons. The fourth-order valence-electron chi connectivity index (χ4n) is 0.890. The van der Waals surface area contributed by atoms with Crippen LogP contribution in [0.15, 0.2) is 18.3 Å². The highest BCUT2D eigenvalue weighted by Gasteiger charge is 1.96. The van der Waals surface area contributed by atoms with Gasteiger partial charge in [0.2, 0.25) is 0 Å². The van der Waals surface area contributed by atoms with Crippen LogP contribution < -0.4 is 5.32 Å². The Labute approximate surface area is 76.6 Å². The summed E-state index contributed by atoms with van der Waals surface area (Å²) in [5.41, 5.74) is 0. The Kier molecular flexibility index (Phi) is 3.64. The summed E-state index contributed by atoms with van der Waals surface area (Å²) in [6.07, 6.45) is 1.48. The van der Waals surface area contributed by atoms with Crippen LogP contribution in [0, 0.1) is 5.82 Å². The molecule has 1 heterocycles. The highest BCUT2D eigenvalue weighted by Crippen LogP contribution is 2.03. The Morgan fingerprint density at radius 2 is 2.38 bits per heavy atom. The second kappa shape index (κ2) is 4.77. The second-order valence-electron chi connectivity index (χ2n) is 2.93. The largest absolute Gasteiger partial charge is 0.393 e. The highest BCUT2D eigenvalue weighted by atomic mass is 19.1. The fraction of sp³-hybridized carbons (Fsp3) is 0.444. The van der Waals surface area contributed by atoms with Crippen LogP contribution in [0.3, 0.4) is 0 Å². The molecule has 0 aromatic carbocycles. The number of hydrogen-bond acceptors (Lipinski definition) is 3. The van der Waals surface area contributed by atoms with Gasteiger partial charge in [-0.1, -0.05) is 0 Å². The van der Waals surface area contributed by atoms with E-state index in [1.807, 2.05) is 0 Å². The molecule has 4 heteroatoms. The van der Waals surface area contributed by atoms with Crippen LogP contribution in [0.2, 0.25) is 0 Å². The number of aliphatic hydroxyl groups is 1. The van der Waals surface area contributed by atoms with Gasteiger partial charge < -0.3 is 10.4 Å². The van der Waals surface area contributed by atoms with Crippen molar-refractivity contribution in [3.63, 3.8) is 0 Å². The lowest BCUT2D eigenvalue weighted by atomic mass is 10.3. The minimum absolute atomic E-state index is 0.326. The van der Waals surface area contributed by atoms with Crippen LogP contribution in [0.25, 0.3) is 0 Å². The molecule has 0 unspecified atom stereocenters. The number of aromatic nitrogens is 1. The van der Waals surface area contributed by atoms with E-state index in [-0.39, 0.29) is 11.9 Å². The molecule has 0 aliphatic rings. The second-order valence-corrected chi connectivity index (χ2v) is 2.93. The topological polar surface area (TPSA) is 45.1 Å². The molecule has 0 amide bonds. The molecule has 0 fully saturated rings. The first-order valence-electron chi connectivity index (χ1n) is 4.22. The average Bonchev–Trinajstić information content (AvgIpc) is 2.08. The zero-order chi connectivity index (χ0) is 9.68. The van der Waals surface area contributed by atoms with E-state index < -0.39 is 0 Å². The molecule has 1 aromatic rings. The van der Waals surface area contributed by atoms with Crippen molar-refractivity contribution in [3.8, 4) is 0 Å². The van der Waals surface area contributed by atoms with Gasteiger partial charge in [-0.3, -0.25) is 0 Å². The van der Waals surface area contributed by atoms with Gasteiger partial charge in [0.15, 0.2) is 0 Å². The first-order chi connectivity index (χ1) is 6.18. The average molecular weight is 184 g/mol. The molecule has 0 saturated carbocycles. The minimum atomic E-state index is -0.346. The molecule has 0 radical (unpaired) electrons. The predicted octanol–water partition coefficient (Wildman–Crippen LogP) is 1.40. The summed E-state index contributed by atoms with van der Waals surface area (Å²) in [5, 5.41) is 11.9. The first kappa shape index (κ1) is 9.92. The monoisotopic (exact) mass is 184 g/mol. The van der Waals surface area contributed by atoms with Crippen LogP contribution in [0.1, 0.15) is 13.3 Å². The van der Waals surface area contributed by atoms with Gasteiger partial charge in [0, 0.05) is 6.54 Å². The van der Waals surface area contributed by atoms with E-state index in [0.29, 0.717) is 18.8 Å². The number of anilines is 1. The number of halogens is 1. The van der Waals surface area contributed by atoms with Gasteiger partial charge in [-0.15, -0.1) is 0 Å². The standard InChI is InChI=1S/C9H13FN2O/c1-7(13)4-5-11-9-3-2-8(10)6-12-9/h2-3,6-7,13H,4-5H2,1H3,(H,11,12)/t7-/m0/s1. The molecule has 3 nitrogen and oxygen atoms in total. The number of nitrogens with zero attached hydrogens (tertiary/aromatic N) is 1. The number of rotatable bonds is 4. The Balaban J connectivity index is 2.33. The molecule has 0 saturated heterocycles. The van der Waals surface area contributed by atoms with E-state index in [1.54, 1.807) is 13.0 Å². The summed E-state index contributed by atoms with van der Waals surface area (Å²) >= 11 is 0. The van der Waals surface area contributed by atoms with E-state index in [9.17, 15) is 4.39 Å². The van der Waals surface area contributed by atoms with Crippen molar-refractivity contribution in [1.82, 2.24) is 4.98 Å². The molecular weight excluding hydrogens is 171 g/mol. The van der Waals surface area contributed by atoms with Crippen LogP contribution >= 0.6 is 0 Å². The molecule has 1 rings (SSSR count). The van der Waals surface area contributed by atoms with E-state index in [0.717, 1.165) is 6.20 Å². The lowest BCUT2D eigenvalue weighted by Crippen LogP contribution is -2.10. The Bertz CT molecular complexity index is 248. The summed E-state index contributed by atoms with van der Waals surface area (Å²) in [7, 11) is 0. The number of pyridine rings is 1. The fourth-order valence-corrected chi connectivity index (χ4v) is 0.890. The van der Waals surface area contributed by atoms with Crippen molar-refractivity contribution < 1.29 is 9.50 Å². The van der Waals surface area contributed by atoms with E-state index in [1.165, 1.54) is 6.07 Å². The molecule has 0 aliphatic carbocycles. The third kappa shape index (κ3) is 3.85. The lowest BCUT2D eigenvalue weighted by molar-refractivity contribution is 0.188. The SMILES string of the molecule is C[C@H](O)CCNc1ccc(F)cn1. The lowest BCUT2D eigenvalue weighted by Gasteiger charge is -2.06. The maximum atomic E-state index is 12.4. The Hall–Kier alpha value is -1.16. The van der Waals surface area contributed by atoms with Crippen LogP contribution in [-0.2, 0) is 0 Å². The summed E-state index contributed by atoms with van der Waals surface area (Å²) in [5.74, 6) is 0.281. The van der Waals surface area contributed by atoms with Gasteiger partial charge in [-0.25, -0.2) is 9.37 Å². The van der Waals surface area contributed by atoms with Crippen molar-refractivity contribution in [1.29, 1.82) is 0 Å². The molecule has 1 aromatic heterocycles. The first-order valence-corrected chi connectivity index (χ1v) is 4.22. The van der Waals surface area contributed by atoms with E-state index >= 15 is 0 Å². The summed E-state index contributed by atoms with van der Waals surface area (Å²) in [6.45, 7) is 2.36. The summed E-state index contributed by atoms with van der Waals surface area (Å²) in [4.78, 5) is 3.81. The van der Waals surface area contributed by atoms with Gasteiger partial charge in [-0.2, -0.15) is 0 Å².